The first kappa shape index (κ1) is 21.7. The SMILES string of the molecule is CN=C(NCC(C)Oc1ccccc1Br)NCC(C)(C)NS(C)(=O)=O. The van der Waals surface area contributed by atoms with Gasteiger partial charge in [0.15, 0.2) is 5.96 Å². The molecule has 0 spiro atoms. The fraction of sp³-hybridized carbons (Fsp3) is 0.562. The highest BCUT2D eigenvalue weighted by atomic mass is 79.9. The lowest BCUT2D eigenvalue weighted by molar-refractivity contribution is 0.222. The van der Waals surface area contributed by atoms with Gasteiger partial charge >= 0.3 is 0 Å². The maximum Gasteiger partial charge on any atom is 0.209 e. The molecule has 1 rings (SSSR count). The molecule has 0 aliphatic rings. The second-order valence-electron chi connectivity index (χ2n) is 6.42. The molecule has 0 radical (unpaired) electrons. The fourth-order valence-electron chi connectivity index (χ4n) is 2.10. The number of rotatable bonds is 8. The number of halogens is 1. The van der Waals surface area contributed by atoms with Crippen LogP contribution in [0.15, 0.2) is 33.7 Å². The van der Waals surface area contributed by atoms with E-state index < -0.39 is 15.6 Å². The molecule has 0 fully saturated rings. The van der Waals surface area contributed by atoms with E-state index in [4.69, 9.17) is 4.74 Å². The standard InChI is InChI=1S/C16H27BrN4O3S/c1-12(24-14-9-7-6-8-13(14)17)10-19-15(18-4)20-11-16(2,3)21-25(5,22)23/h6-9,12,21H,10-11H2,1-5H3,(H2,18,19,20). The molecule has 7 nitrogen and oxygen atoms in total. The van der Waals surface area contributed by atoms with Crippen LogP contribution in [0.2, 0.25) is 0 Å². The summed E-state index contributed by atoms with van der Waals surface area (Å²) in [5.41, 5.74) is -0.637. The molecule has 0 saturated heterocycles. The van der Waals surface area contributed by atoms with Gasteiger partial charge in [0, 0.05) is 19.1 Å². The zero-order valence-electron chi connectivity index (χ0n) is 15.3. The minimum absolute atomic E-state index is 0.0839. The highest BCUT2D eigenvalue weighted by Crippen LogP contribution is 2.24. The maximum atomic E-state index is 11.4. The first-order chi connectivity index (χ1) is 11.5. The third-order valence-corrected chi connectivity index (χ3v) is 4.68. The van der Waals surface area contributed by atoms with E-state index in [2.05, 4.69) is 36.3 Å². The van der Waals surface area contributed by atoms with Gasteiger partial charge in [-0.15, -0.1) is 0 Å². The van der Waals surface area contributed by atoms with E-state index in [0.29, 0.717) is 19.0 Å². The van der Waals surface area contributed by atoms with Crippen LogP contribution in [0, 0.1) is 0 Å². The van der Waals surface area contributed by atoms with Crippen molar-refractivity contribution in [3.63, 3.8) is 0 Å². The van der Waals surface area contributed by atoms with Crippen LogP contribution in [-0.4, -0.2) is 52.4 Å². The van der Waals surface area contributed by atoms with Gasteiger partial charge in [0.2, 0.25) is 10.0 Å². The predicted octanol–water partition coefficient (Wildman–Crippen LogP) is 1.71. The highest BCUT2D eigenvalue weighted by Gasteiger charge is 2.22. The number of ether oxygens (including phenoxy) is 1. The van der Waals surface area contributed by atoms with Crippen LogP contribution in [0.5, 0.6) is 5.75 Å². The number of aliphatic imine (C=N–C) groups is 1. The van der Waals surface area contributed by atoms with Crippen LogP contribution < -0.4 is 20.1 Å². The Morgan fingerprint density at radius 2 is 1.96 bits per heavy atom. The van der Waals surface area contributed by atoms with E-state index in [1.807, 2.05) is 31.2 Å². The van der Waals surface area contributed by atoms with Gasteiger partial charge in [-0.05, 0) is 48.8 Å². The maximum absolute atomic E-state index is 11.4. The van der Waals surface area contributed by atoms with Gasteiger partial charge in [-0.2, -0.15) is 0 Å². The monoisotopic (exact) mass is 434 g/mol. The smallest absolute Gasteiger partial charge is 0.209 e. The average Bonchev–Trinajstić information content (AvgIpc) is 2.47. The van der Waals surface area contributed by atoms with Crippen LogP contribution in [0.4, 0.5) is 0 Å². The summed E-state index contributed by atoms with van der Waals surface area (Å²) in [7, 11) is -1.62. The molecule has 9 heteroatoms. The lowest BCUT2D eigenvalue weighted by Gasteiger charge is -2.26. The van der Waals surface area contributed by atoms with Gasteiger partial charge in [0.1, 0.15) is 11.9 Å². The Balaban J connectivity index is 2.47. The average molecular weight is 435 g/mol. The van der Waals surface area contributed by atoms with Crippen molar-refractivity contribution in [3.05, 3.63) is 28.7 Å². The zero-order chi connectivity index (χ0) is 19.1. The van der Waals surface area contributed by atoms with Crippen molar-refractivity contribution >= 4 is 31.9 Å². The van der Waals surface area contributed by atoms with E-state index in [9.17, 15) is 8.42 Å². The molecule has 0 amide bonds. The molecule has 3 N–H and O–H groups in total. The molecule has 0 heterocycles. The Morgan fingerprint density at radius 3 is 2.52 bits per heavy atom. The van der Waals surface area contributed by atoms with Gasteiger partial charge in [0.25, 0.3) is 0 Å². The van der Waals surface area contributed by atoms with E-state index in [0.717, 1.165) is 16.5 Å². The number of hydrogen-bond donors (Lipinski definition) is 3. The molecular formula is C16H27BrN4O3S. The normalized spacial score (nSPS) is 14.1. The minimum atomic E-state index is -3.28. The van der Waals surface area contributed by atoms with Crippen LogP contribution >= 0.6 is 15.9 Å². The van der Waals surface area contributed by atoms with Crippen molar-refractivity contribution in [3.8, 4) is 5.75 Å². The first-order valence-electron chi connectivity index (χ1n) is 7.87. The summed E-state index contributed by atoms with van der Waals surface area (Å²) in [5.74, 6) is 1.35. The number of hydrogen-bond acceptors (Lipinski definition) is 4. The molecule has 25 heavy (non-hydrogen) atoms. The molecule has 1 aromatic rings. The van der Waals surface area contributed by atoms with Gasteiger partial charge in [-0.3, -0.25) is 4.99 Å². The van der Waals surface area contributed by atoms with Crippen LogP contribution in [0.1, 0.15) is 20.8 Å². The first-order valence-corrected chi connectivity index (χ1v) is 10.6. The quantitative estimate of drug-likeness (QED) is 0.427. The van der Waals surface area contributed by atoms with Gasteiger partial charge in [-0.1, -0.05) is 12.1 Å². The summed E-state index contributed by atoms with van der Waals surface area (Å²) in [6.07, 6.45) is 1.06. The summed E-state index contributed by atoms with van der Waals surface area (Å²) in [6, 6.07) is 7.66. The van der Waals surface area contributed by atoms with E-state index in [-0.39, 0.29) is 6.10 Å². The van der Waals surface area contributed by atoms with Crippen molar-refractivity contribution in [2.45, 2.75) is 32.4 Å². The summed E-state index contributed by atoms with van der Waals surface area (Å²) >= 11 is 3.45. The van der Waals surface area contributed by atoms with Gasteiger partial charge in [-0.25, -0.2) is 13.1 Å². The van der Waals surface area contributed by atoms with Crippen LogP contribution in [0.25, 0.3) is 0 Å². The molecule has 0 aliphatic carbocycles. The number of nitrogens with zero attached hydrogens (tertiary/aromatic N) is 1. The Labute approximate surface area is 158 Å². The Bertz CT molecular complexity index is 692. The fourth-order valence-corrected chi connectivity index (χ4v) is 3.56. The largest absolute Gasteiger partial charge is 0.488 e. The van der Waals surface area contributed by atoms with Crippen LogP contribution in [-0.2, 0) is 10.0 Å². The summed E-state index contributed by atoms with van der Waals surface area (Å²) < 4.78 is 32.1. The molecule has 0 bridgehead atoms. The zero-order valence-corrected chi connectivity index (χ0v) is 17.7. The van der Waals surface area contributed by atoms with Crippen LogP contribution in [0.3, 0.4) is 0 Å². The molecule has 1 atom stereocenters. The molecule has 142 valence electrons. The van der Waals surface area contributed by atoms with Crippen molar-refractivity contribution in [1.82, 2.24) is 15.4 Å². The molecule has 1 aromatic carbocycles. The lowest BCUT2D eigenvalue weighted by Crippen LogP contribution is -2.53. The number of benzene rings is 1. The number of nitrogens with one attached hydrogen (secondary N) is 3. The molecule has 1 unspecified atom stereocenters. The molecule has 0 saturated carbocycles. The minimum Gasteiger partial charge on any atom is -0.488 e. The third-order valence-electron chi connectivity index (χ3n) is 3.10. The third kappa shape index (κ3) is 9.08. The molecule has 0 aliphatic heterocycles. The lowest BCUT2D eigenvalue weighted by atomic mass is 10.1. The summed E-state index contributed by atoms with van der Waals surface area (Å²) in [5, 5.41) is 6.28. The van der Waals surface area contributed by atoms with Crippen molar-refractivity contribution in [1.29, 1.82) is 0 Å². The second-order valence-corrected chi connectivity index (χ2v) is 9.03. The van der Waals surface area contributed by atoms with Crippen molar-refractivity contribution in [2.24, 2.45) is 4.99 Å². The summed E-state index contributed by atoms with van der Waals surface area (Å²) in [4.78, 5) is 4.14. The Hall–Kier alpha value is -1.32. The summed E-state index contributed by atoms with van der Waals surface area (Å²) in [6.45, 7) is 6.48. The van der Waals surface area contributed by atoms with E-state index in [1.165, 1.54) is 0 Å². The van der Waals surface area contributed by atoms with Gasteiger partial charge < -0.3 is 15.4 Å². The van der Waals surface area contributed by atoms with Crippen molar-refractivity contribution < 1.29 is 13.2 Å². The number of sulfonamides is 1. The second kappa shape index (κ2) is 9.40. The topological polar surface area (TPSA) is 91.8 Å². The number of guanidine groups is 1. The van der Waals surface area contributed by atoms with E-state index >= 15 is 0 Å². The molecule has 0 aromatic heterocycles. The van der Waals surface area contributed by atoms with Gasteiger partial charge in [0.05, 0.1) is 17.3 Å². The Kier molecular flexibility index (Phi) is 8.17. The van der Waals surface area contributed by atoms with Crippen molar-refractivity contribution in [2.75, 3.05) is 26.4 Å². The molecular weight excluding hydrogens is 408 g/mol. The van der Waals surface area contributed by atoms with E-state index in [1.54, 1.807) is 20.9 Å². The number of para-hydroxylation sites is 1. The predicted molar refractivity (Wildman–Crippen MR) is 106 cm³/mol. The Morgan fingerprint density at radius 1 is 1.32 bits per heavy atom. The highest BCUT2D eigenvalue weighted by molar-refractivity contribution is 9.10.